The molecule has 0 amide bonds. The fourth-order valence-corrected chi connectivity index (χ4v) is 1.74. The normalized spacial score (nSPS) is 10.4. The Hall–Kier alpha value is -2.51. The summed E-state index contributed by atoms with van der Waals surface area (Å²) in [6.07, 6.45) is 5.49. The Morgan fingerprint density at radius 1 is 1.47 bits per heavy atom. The lowest BCUT2D eigenvalue weighted by atomic mass is 10.3. The van der Waals surface area contributed by atoms with Crippen LogP contribution in [-0.4, -0.2) is 31.5 Å². The van der Waals surface area contributed by atoms with E-state index in [1.807, 2.05) is 11.5 Å². The molecule has 2 aromatic rings. The van der Waals surface area contributed by atoms with Crippen LogP contribution in [0, 0.1) is 10.1 Å². The molecule has 2 aromatic heterocycles. The minimum atomic E-state index is -0.500. The van der Waals surface area contributed by atoms with Gasteiger partial charge in [-0.1, -0.05) is 6.92 Å². The number of hydrogen-bond donors (Lipinski definition) is 1. The number of nitrogens with one attached hydrogen (secondary N) is 1. The zero-order valence-corrected chi connectivity index (χ0v) is 10.7. The van der Waals surface area contributed by atoms with Crippen LogP contribution >= 0.6 is 0 Å². The van der Waals surface area contributed by atoms with Gasteiger partial charge in [-0.15, -0.1) is 0 Å². The van der Waals surface area contributed by atoms with Gasteiger partial charge in [0.1, 0.15) is 6.20 Å². The maximum atomic E-state index is 11.1. The van der Waals surface area contributed by atoms with Gasteiger partial charge in [-0.3, -0.25) is 10.1 Å². The molecule has 1 N–H and O–H groups in total. The van der Waals surface area contributed by atoms with Crippen LogP contribution in [0.15, 0.2) is 18.6 Å². The van der Waals surface area contributed by atoms with Gasteiger partial charge >= 0.3 is 5.69 Å². The van der Waals surface area contributed by atoms with Crippen molar-refractivity contribution in [3.8, 4) is 11.5 Å². The van der Waals surface area contributed by atoms with E-state index in [2.05, 4.69) is 20.3 Å². The lowest BCUT2D eigenvalue weighted by Gasteiger charge is -2.07. The van der Waals surface area contributed by atoms with Crippen LogP contribution in [0.4, 0.5) is 11.6 Å². The van der Waals surface area contributed by atoms with Crippen LogP contribution in [0.1, 0.15) is 13.3 Å². The molecule has 0 atom stereocenters. The van der Waals surface area contributed by atoms with Gasteiger partial charge < -0.3 is 9.88 Å². The molecule has 0 fully saturated rings. The summed E-state index contributed by atoms with van der Waals surface area (Å²) < 4.78 is 1.84. The first-order chi connectivity index (χ1) is 9.17. The van der Waals surface area contributed by atoms with Gasteiger partial charge in [-0.05, 0) is 6.42 Å². The van der Waals surface area contributed by atoms with Gasteiger partial charge in [0.2, 0.25) is 5.95 Å². The Kier molecular flexibility index (Phi) is 3.69. The Morgan fingerprint density at radius 3 is 2.89 bits per heavy atom. The molecule has 0 aliphatic heterocycles. The monoisotopic (exact) mass is 262 g/mol. The third-order valence-electron chi connectivity index (χ3n) is 2.58. The minimum Gasteiger partial charge on any atom is -0.357 e. The van der Waals surface area contributed by atoms with Crippen LogP contribution < -0.4 is 5.32 Å². The fraction of sp³-hybridized carbons (Fsp3) is 0.364. The molecule has 0 aliphatic carbocycles. The Balaban J connectivity index is 2.58. The van der Waals surface area contributed by atoms with E-state index in [1.54, 1.807) is 19.4 Å². The summed E-state index contributed by atoms with van der Waals surface area (Å²) in [5, 5.41) is 13.8. The first-order valence-electron chi connectivity index (χ1n) is 5.88. The van der Waals surface area contributed by atoms with Crippen molar-refractivity contribution in [2.24, 2.45) is 0 Å². The van der Waals surface area contributed by atoms with Crippen LogP contribution in [-0.2, 0) is 6.54 Å². The first-order valence-corrected chi connectivity index (χ1v) is 5.88. The van der Waals surface area contributed by atoms with Gasteiger partial charge in [0.15, 0.2) is 11.5 Å². The van der Waals surface area contributed by atoms with Crippen LogP contribution in [0.5, 0.6) is 0 Å². The summed E-state index contributed by atoms with van der Waals surface area (Å²) in [5.41, 5.74) is 0.0744. The molecule has 0 saturated carbocycles. The van der Waals surface area contributed by atoms with Crippen molar-refractivity contribution in [2.75, 3.05) is 12.4 Å². The van der Waals surface area contributed by atoms with Crippen molar-refractivity contribution in [3.63, 3.8) is 0 Å². The molecule has 0 unspecified atom stereocenters. The topological polar surface area (TPSA) is 98.8 Å². The van der Waals surface area contributed by atoms with Crippen molar-refractivity contribution in [3.05, 3.63) is 28.7 Å². The van der Waals surface area contributed by atoms with E-state index in [0.29, 0.717) is 11.8 Å². The summed E-state index contributed by atoms with van der Waals surface area (Å²) >= 11 is 0. The van der Waals surface area contributed by atoms with E-state index in [-0.39, 0.29) is 11.4 Å². The number of imidazole rings is 1. The largest absolute Gasteiger partial charge is 0.357 e. The maximum absolute atomic E-state index is 11.1. The highest BCUT2D eigenvalue weighted by Crippen LogP contribution is 2.26. The molecular weight excluding hydrogens is 248 g/mol. The van der Waals surface area contributed by atoms with Crippen LogP contribution in [0.25, 0.3) is 11.5 Å². The predicted octanol–water partition coefficient (Wildman–Crippen LogP) is 1.70. The number of anilines is 1. The van der Waals surface area contributed by atoms with Gasteiger partial charge in [-0.2, -0.15) is 0 Å². The van der Waals surface area contributed by atoms with E-state index >= 15 is 0 Å². The highest BCUT2D eigenvalue weighted by atomic mass is 16.6. The zero-order chi connectivity index (χ0) is 13.8. The standard InChI is InChI=1S/C11H14N6O2/c1-3-5-16-6-4-13-10(16)9-8(17(18)19)7-14-11(12-2)15-9/h4,6-7H,3,5H2,1-2H3,(H,12,14,15). The van der Waals surface area contributed by atoms with E-state index in [0.717, 1.165) is 13.0 Å². The smallest absolute Gasteiger partial charge is 0.317 e. The van der Waals surface area contributed by atoms with Crippen molar-refractivity contribution in [2.45, 2.75) is 19.9 Å². The summed E-state index contributed by atoms with van der Waals surface area (Å²) in [6.45, 7) is 2.75. The number of aryl methyl sites for hydroxylation is 1. The predicted molar refractivity (Wildman–Crippen MR) is 69.7 cm³/mol. The Bertz CT molecular complexity index is 595. The second kappa shape index (κ2) is 5.42. The molecule has 2 heterocycles. The van der Waals surface area contributed by atoms with Crippen molar-refractivity contribution in [1.29, 1.82) is 0 Å². The minimum absolute atomic E-state index is 0.150. The van der Waals surface area contributed by atoms with E-state index in [4.69, 9.17) is 0 Å². The average molecular weight is 262 g/mol. The van der Waals surface area contributed by atoms with Gasteiger partial charge in [0.05, 0.1) is 4.92 Å². The Morgan fingerprint density at radius 2 is 2.26 bits per heavy atom. The molecule has 8 nitrogen and oxygen atoms in total. The molecule has 0 bridgehead atoms. The second-order valence-corrected chi connectivity index (χ2v) is 3.88. The highest BCUT2D eigenvalue weighted by Gasteiger charge is 2.22. The van der Waals surface area contributed by atoms with Crippen LogP contribution in [0.3, 0.4) is 0 Å². The fourth-order valence-electron chi connectivity index (χ4n) is 1.74. The molecule has 2 rings (SSSR count). The molecule has 100 valence electrons. The van der Waals surface area contributed by atoms with E-state index in [9.17, 15) is 10.1 Å². The van der Waals surface area contributed by atoms with Crippen molar-refractivity contribution < 1.29 is 4.92 Å². The highest BCUT2D eigenvalue weighted by molar-refractivity contribution is 5.64. The third-order valence-corrected chi connectivity index (χ3v) is 2.58. The van der Waals surface area contributed by atoms with Gasteiger partial charge in [0.25, 0.3) is 0 Å². The van der Waals surface area contributed by atoms with E-state index < -0.39 is 4.92 Å². The molecule has 0 aliphatic rings. The summed E-state index contributed by atoms with van der Waals surface area (Å²) in [4.78, 5) is 22.7. The molecule has 0 aromatic carbocycles. The quantitative estimate of drug-likeness (QED) is 0.650. The summed E-state index contributed by atoms with van der Waals surface area (Å²) in [7, 11) is 1.66. The SMILES string of the molecule is CCCn1ccnc1-c1nc(NC)ncc1[N+](=O)[O-]. The average Bonchev–Trinajstić information content (AvgIpc) is 2.86. The number of rotatable bonds is 5. The van der Waals surface area contributed by atoms with Crippen LogP contribution in [0.2, 0.25) is 0 Å². The number of hydrogen-bond acceptors (Lipinski definition) is 6. The molecule has 0 spiro atoms. The van der Waals surface area contributed by atoms with E-state index in [1.165, 1.54) is 6.20 Å². The summed E-state index contributed by atoms with van der Waals surface area (Å²) in [5.74, 6) is 0.805. The lowest BCUT2D eigenvalue weighted by Crippen LogP contribution is -2.06. The first kappa shape index (κ1) is 12.9. The lowest BCUT2D eigenvalue weighted by molar-refractivity contribution is -0.384. The molecule has 8 heteroatoms. The van der Waals surface area contributed by atoms with Crippen molar-refractivity contribution >= 4 is 11.6 Å². The maximum Gasteiger partial charge on any atom is 0.317 e. The molecule has 0 radical (unpaired) electrons. The van der Waals surface area contributed by atoms with Crippen molar-refractivity contribution in [1.82, 2.24) is 19.5 Å². The number of nitro groups is 1. The Labute approximate surface area is 109 Å². The number of nitrogens with zero attached hydrogens (tertiary/aromatic N) is 5. The molecule has 0 saturated heterocycles. The van der Waals surface area contributed by atoms with Gasteiger partial charge in [-0.25, -0.2) is 15.0 Å². The zero-order valence-electron chi connectivity index (χ0n) is 10.7. The third kappa shape index (κ3) is 2.51. The molecule has 19 heavy (non-hydrogen) atoms. The molecular formula is C11H14N6O2. The summed E-state index contributed by atoms with van der Waals surface area (Å²) in [6, 6.07) is 0. The second-order valence-electron chi connectivity index (χ2n) is 3.88. The number of aromatic nitrogens is 4. The van der Waals surface area contributed by atoms with Gasteiger partial charge in [0, 0.05) is 26.0 Å².